The molecule has 0 aliphatic carbocycles. The van der Waals surface area contributed by atoms with Crippen LogP contribution in [0.2, 0.25) is 0 Å². The van der Waals surface area contributed by atoms with Gasteiger partial charge >= 0.3 is 0 Å². The van der Waals surface area contributed by atoms with Gasteiger partial charge in [-0.05, 0) is 53.6 Å². The topological polar surface area (TPSA) is 33.6 Å². The van der Waals surface area contributed by atoms with E-state index in [1.165, 1.54) is 21.5 Å². The molecule has 3 nitrogen and oxygen atoms in total. The maximum absolute atomic E-state index is 10.3. The van der Waals surface area contributed by atoms with Crippen molar-refractivity contribution in [2.24, 2.45) is 0 Å². The monoisotopic (exact) mass is 509 g/mol. The fourth-order valence-corrected chi connectivity index (χ4v) is 6.24. The Morgan fingerprint density at radius 2 is 1.12 bits per heavy atom. The summed E-state index contributed by atoms with van der Waals surface area (Å²) in [6, 6.07) is 51.1. The quantitative estimate of drug-likeness (QED) is 0.233. The van der Waals surface area contributed by atoms with Crippen LogP contribution in [0.5, 0.6) is 0 Å². The zero-order valence-corrected chi connectivity index (χ0v) is 21.6. The molecule has 8 rings (SSSR count). The van der Waals surface area contributed by atoms with Crippen molar-refractivity contribution in [1.29, 1.82) is 5.26 Å². The first kappa shape index (κ1) is 22.4. The predicted octanol–water partition coefficient (Wildman–Crippen LogP) is 9.42. The SMILES string of the molecule is N#Cc1ccc(-c2ccccc2)cc1-n1c2ccccc2c2ccc3c(c4ccccc4n3-c3ccccc3)c21. The van der Waals surface area contributed by atoms with E-state index in [1.54, 1.807) is 0 Å². The third-order valence-electron chi connectivity index (χ3n) is 7.95. The molecule has 0 spiro atoms. The summed E-state index contributed by atoms with van der Waals surface area (Å²) in [6.07, 6.45) is 0. The average Bonchev–Trinajstić information content (AvgIpc) is 3.54. The molecule has 0 aliphatic rings. The van der Waals surface area contributed by atoms with Gasteiger partial charge in [-0.2, -0.15) is 5.26 Å². The molecule has 2 heterocycles. The fraction of sp³-hybridized carbons (Fsp3) is 0. The van der Waals surface area contributed by atoms with Crippen molar-refractivity contribution in [3.63, 3.8) is 0 Å². The summed E-state index contributed by atoms with van der Waals surface area (Å²) in [5.74, 6) is 0. The van der Waals surface area contributed by atoms with Crippen molar-refractivity contribution in [1.82, 2.24) is 9.13 Å². The van der Waals surface area contributed by atoms with Gasteiger partial charge in [-0.1, -0.05) is 97.1 Å². The lowest BCUT2D eigenvalue weighted by atomic mass is 10.0. The van der Waals surface area contributed by atoms with Crippen LogP contribution in [0, 0.1) is 11.3 Å². The van der Waals surface area contributed by atoms with E-state index in [1.807, 2.05) is 18.2 Å². The smallest absolute Gasteiger partial charge is 0.101 e. The van der Waals surface area contributed by atoms with Gasteiger partial charge < -0.3 is 9.13 Å². The van der Waals surface area contributed by atoms with Gasteiger partial charge in [0.2, 0.25) is 0 Å². The Kier molecular flexibility index (Phi) is 4.89. The van der Waals surface area contributed by atoms with Crippen LogP contribution in [0.25, 0.3) is 66.1 Å². The fourth-order valence-electron chi connectivity index (χ4n) is 6.24. The summed E-state index contributed by atoms with van der Waals surface area (Å²) in [5.41, 5.74) is 9.37. The molecule has 0 aliphatic heterocycles. The van der Waals surface area contributed by atoms with Crippen LogP contribution in [0.15, 0.2) is 140 Å². The normalized spacial score (nSPS) is 11.5. The first-order valence-corrected chi connectivity index (χ1v) is 13.4. The second-order valence-corrected chi connectivity index (χ2v) is 10.1. The second kappa shape index (κ2) is 8.73. The standard InChI is InChI=1S/C37H23N3/c38-24-27-20-19-26(25-11-3-1-4-12-25)23-35(27)40-32-17-9-7-15-29(32)30-21-22-34-36(37(30)40)31-16-8-10-18-33(31)39(34)28-13-5-2-6-14-28/h1-23H. The highest BCUT2D eigenvalue weighted by Gasteiger charge is 2.22. The van der Waals surface area contributed by atoms with Gasteiger partial charge in [-0.15, -0.1) is 0 Å². The number of nitrogens with zero attached hydrogens (tertiary/aromatic N) is 3. The maximum Gasteiger partial charge on any atom is 0.101 e. The van der Waals surface area contributed by atoms with Gasteiger partial charge in [0.15, 0.2) is 0 Å². The lowest BCUT2D eigenvalue weighted by molar-refractivity contribution is 1.17. The zero-order chi connectivity index (χ0) is 26.6. The Labute approximate surface area is 231 Å². The van der Waals surface area contributed by atoms with Crippen molar-refractivity contribution in [2.45, 2.75) is 0 Å². The molecule has 6 aromatic carbocycles. The number of fused-ring (bicyclic) bond motifs is 7. The van der Waals surface area contributed by atoms with E-state index >= 15 is 0 Å². The largest absolute Gasteiger partial charge is 0.309 e. The molecule has 0 fully saturated rings. The Hall–Kier alpha value is -5.59. The average molecular weight is 510 g/mol. The minimum absolute atomic E-state index is 0.645. The van der Waals surface area contributed by atoms with Crippen molar-refractivity contribution >= 4 is 43.6 Å². The molecule has 0 saturated carbocycles. The third kappa shape index (κ3) is 3.17. The van der Waals surface area contributed by atoms with E-state index in [-0.39, 0.29) is 0 Å². The van der Waals surface area contributed by atoms with E-state index in [2.05, 4.69) is 137 Å². The van der Waals surface area contributed by atoms with Crippen LogP contribution in [0.1, 0.15) is 5.56 Å². The molecule has 0 bridgehead atoms. The van der Waals surface area contributed by atoms with E-state index in [0.717, 1.165) is 44.6 Å². The Morgan fingerprint density at radius 1 is 0.475 bits per heavy atom. The molecule has 186 valence electrons. The Balaban J connectivity index is 1.58. The van der Waals surface area contributed by atoms with Crippen LogP contribution in [-0.4, -0.2) is 9.13 Å². The number of nitriles is 1. The number of aromatic nitrogens is 2. The van der Waals surface area contributed by atoms with Gasteiger partial charge in [0.05, 0.1) is 33.3 Å². The summed E-state index contributed by atoms with van der Waals surface area (Å²) in [5, 5.41) is 15.0. The maximum atomic E-state index is 10.3. The number of para-hydroxylation sites is 3. The van der Waals surface area contributed by atoms with Crippen LogP contribution >= 0.6 is 0 Å². The summed E-state index contributed by atoms with van der Waals surface area (Å²) in [6.45, 7) is 0. The van der Waals surface area contributed by atoms with Crippen molar-refractivity contribution in [3.05, 3.63) is 145 Å². The molecule has 0 amide bonds. The first-order chi connectivity index (χ1) is 19.8. The lowest BCUT2D eigenvalue weighted by Gasteiger charge is -2.13. The van der Waals surface area contributed by atoms with Crippen LogP contribution < -0.4 is 0 Å². The summed E-state index contributed by atoms with van der Waals surface area (Å²) in [7, 11) is 0. The second-order valence-electron chi connectivity index (χ2n) is 10.1. The number of rotatable bonds is 3. The first-order valence-electron chi connectivity index (χ1n) is 13.4. The minimum atomic E-state index is 0.645. The molecule has 40 heavy (non-hydrogen) atoms. The lowest BCUT2D eigenvalue weighted by Crippen LogP contribution is -1.99. The molecule has 3 heteroatoms. The molecule has 2 aromatic heterocycles. The van der Waals surface area contributed by atoms with Crippen LogP contribution in [0.4, 0.5) is 0 Å². The molecular formula is C37H23N3. The zero-order valence-electron chi connectivity index (χ0n) is 21.6. The van der Waals surface area contributed by atoms with E-state index < -0.39 is 0 Å². The van der Waals surface area contributed by atoms with E-state index in [4.69, 9.17) is 0 Å². The molecule has 0 radical (unpaired) electrons. The molecule has 0 N–H and O–H groups in total. The van der Waals surface area contributed by atoms with E-state index in [9.17, 15) is 5.26 Å². The highest BCUT2D eigenvalue weighted by Crippen LogP contribution is 2.42. The van der Waals surface area contributed by atoms with Crippen molar-refractivity contribution < 1.29 is 0 Å². The Morgan fingerprint density at radius 3 is 1.88 bits per heavy atom. The predicted molar refractivity (Wildman–Crippen MR) is 165 cm³/mol. The summed E-state index contributed by atoms with van der Waals surface area (Å²) < 4.78 is 4.65. The molecular weight excluding hydrogens is 486 g/mol. The van der Waals surface area contributed by atoms with Gasteiger partial charge in [0.1, 0.15) is 6.07 Å². The summed E-state index contributed by atoms with van der Waals surface area (Å²) >= 11 is 0. The van der Waals surface area contributed by atoms with Crippen molar-refractivity contribution in [3.8, 4) is 28.6 Å². The number of benzene rings is 6. The van der Waals surface area contributed by atoms with Gasteiger partial charge in [-0.3, -0.25) is 0 Å². The highest BCUT2D eigenvalue weighted by atomic mass is 15.0. The number of hydrogen-bond acceptors (Lipinski definition) is 1. The highest BCUT2D eigenvalue weighted by molar-refractivity contribution is 6.26. The minimum Gasteiger partial charge on any atom is -0.309 e. The molecule has 0 unspecified atom stereocenters. The van der Waals surface area contributed by atoms with Gasteiger partial charge in [0, 0.05) is 27.2 Å². The molecule has 8 aromatic rings. The third-order valence-corrected chi connectivity index (χ3v) is 7.95. The number of hydrogen-bond donors (Lipinski definition) is 0. The molecule has 0 saturated heterocycles. The van der Waals surface area contributed by atoms with Crippen LogP contribution in [-0.2, 0) is 0 Å². The van der Waals surface area contributed by atoms with E-state index in [0.29, 0.717) is 5.56 Å². The molecule has 0 atom stereocenters. The van der Waals surface area contributed by atoms with Gasteiger partial charge in [-0.25, -0.2) is 0 Å². The van der Waals surface area contributed by atoms with Crippen molar-refractivity contribution in [2.75, 3.05) is 0 Å². The van der Waals surface area contributed by atoms with Gasteiger partial charge in [0.25, 0.3) is 0 Å². The van der Waals surface area contributed by atoms with Crippen LogP contribution in [0.3, 0.4) is 0 Å². The Bertz CT molecular complexity index is 2260. The summed E-state index contributed by atoms with van der Waals surface area (Å²) in [4.78, 5) is 0.